The number of aromatic nitrogens is 1. The van der Waals surface area contributed by atoms with E-state index in [-0.39, 0.29) is 0 Å². The number of hydrogen-bond donors (Lipinski definition) is 1. The molecule has 1 atom stereocenters. The molecule has 38 heavy (non-hydrogen) atoms. The second-order valence-corrected chi connectivity index (χ2v) is 11.9. The Morgan fingerprint density at radius 1 is 0.947 bits per heavy atom. The van der Waals surface area contributed by atoms with E-state index in [9.17, 15) is 9.90 Å². The molecule has 1 unspecified atom stereocenters. The summed E-state index contributed by atoms with van der Waals surface area (Å²) in [5, 5.41) is 11.0. The van der Waals surface area contributed by atoms with Gasteiger partial charge in [0, 0.05) is 54.9 Å². The van der Waals surface area contributed by atoms with Crippen molar-refractivity contribution in [3.63, 3.8) is 0 Å². The van der Waals surface area contributed by atoms with Gasteiger partial charge < -0.3 is 19.5 Å². The molecule has 1 saturated heterocycles. The van der Waals surface area contributed by atoms with Crippen LogP contribution in [0.2, 0.25) is 0 Å². The molecule has 5 heteroatoms. The Bertz CT molecular complexity index is 1290. The smallest absolute Gasteiger partial charge is 0.335 e. The topological polar surface area (TPSA) is 48.7 Å². The minimum absolute atomic E-state index is 0.383. The number of likely N-dealkylation sites (tertiary alicyclic amines) is 1. The monoisotopic (exact) mass is 513 g/mol. The highest BCUT2D eigenvalue weighted by molar-refractivity contribution is 5.99. The summed E-state index contributed by atoms with van der Waals surface area (Å²) < 4.78 is 2.46. The van der Waals surface area contributed by atoms with Crippen LogP contribution in [0.15, 0.2) is 42.5 Å². The lowest BCUT2D eigenvalue weighted by atomic mass is 9.81. The van der Waals surface area contributed by atoms with Crippen LogP contribution in [0.4, 0.5) is 5.69 Å². The Kier molecular flexibility index (Phi) is 7.47. The zero-order valence-corrected chi connectivity index (χ0v) is 23.0. The fourth-order valence-electron chi connectivity index (χ4n) is 7.62. The molecule has 2 fully saturated rings. The van der Waals surface area contributed by atoms with Gasteiger partial charge in [-0.1, -0.05) is 56.9 Å². The molecular formula is C33H43N3O2. The zero-order valence-electron chi connectivity index (χ0n) is 23.0. The van der Waals surface area contributed by atoms with Crippen LogP contribution in [0.5, 0.6) is 0 Å². The number of piperidine rings is 1. The van der Waals surface area contributed by atoms with E-state index in [0.29, 0.717) is 11.5 Å². The van der Waals surface area contributed by atoms with E-state index in [1.807, 2.05) is 6.07 Å². The van der Waals surface area contributed by atoms with Crippen molar-refractivity contribution in [2.24, 2.45) is 5.92 Å². The summed E-state index contributed by atoms with van der Waals surface area (Å²) in [5.74, 6) is 0.556. The van der Waals surface area contributed by atoms with E-state index < -0.39 is 5.97 Å². The highest BCUT2D eigenvalue weighted by Crippen LogP contribution is 2.47. The molecule has 202 valence electrons. The third-order valence-electron chi connectivity index (χ3n) is 9.44. The van der Waals surface area contributed by atoms with Crippen molar-refractivity contribution in [2.75, 3.05) is 37.6 Å². The Hall–Kier alpha value is -2.79. The van der Waals surface area contributed by atoms with Crippen LogP contribution in [0.3, 0.4) is 0 Å². The van der Waals surface area contributed by atoms with Crippen LogP contribution >= 0.6 is 0 Å². The zero-order chi connectivity index (χ0) is 26.1. The Labute approximate surface area is 227 Å². The molecule has 1 N–H and O–H groups in total. The summed E-state index contributed by atoms with van der Waals surface area (Å²) in [6.45, 7) is 8.77. The van der Waals surface area contributed by atoms with Crippen molar-refractivity contribution in [3.8, 4) is 11.3 Å². The fraction of sp³-hybridized carbons (Fsp3) is 0.545. The van der Waals surface area contributed by atoms with E-state index in [0.717, 1.165) is 37.6 Å². The van der Waals surface area contributed by atoms with Crippen molar-refractivity contribution >= 4 is 22.6 Å². The molecule has 3 aromatic rings. The molecule has 1 aliphatic carbocycles. The van der Waals surface area contributed by atoms with Gasteiger partial charge in [0.05, 0.1) is 11.3 Å². The number of para-hydroxylation sites is 1. The van der Waals surface area contributed by atoms with Gasteiger partial charge in [0.15, 0.2) is 0 Å². The quantitative estimate of drug-likeness (QED) is 0.358. The lowest BCUT2D eigenvalue weighted by Crippen LogP contribution is -2.41. The van der Waals surface area contributed by atoms with Crippen molar-refractivity contribution in [1.29, 1.82) is 0 Å². The highest BCUT2D eigenvalue weighted by Gasteiger charge is 2.31. The Morgan fingerprint density at radius 2 is 1.79 bits per heavy atom. The Morgan fingerprint density at radius 3 is 2.61 bits per heavy atom. The molecule has 0 amide bonds. The van der Waals surface area contributed by atoms with Gasteiger partial charge in [-0.15, -0.1) is 0 Å². The lowest BCUT2D eigenvalue weighted by Gasteiger charge is -2.35. The number of anilines is 1. The average molecular weight is 514 g/mol. The van der Waals surface area contributed by atoms with Gasteiger partial charge in [-0.05, 0) is 74.2 Å². The van der Waals surface area contributed by atoms with Gasteiger partial charge in [-0.25, -0.2) is 4.79 Å². The molecule has 5 nitrogen and oxygen atoms in total. The maximum absolute atomic E-state index is 11.9. The first-order chi connectivity index (χ1) is 18.6. The van der Waals surface area contributed by atoms with Crippen LogP contribution in [0.1, 0.15) is 86.6 Å². The van der Waals surface area contributed by atoms with Gasteiger partial charge in [0.25, 0.3) is 0 Å². The van der Waals surface area contributed by atoms with Gasteiger partial charge in [0.1, 0.15) is 0 Å². The van der Waals surface area contributed by atoms with Crippen LogP contribution < -0.4 is 4.90 Å². The number of rotatable bonds is 7. The standard InChI is InChI=1S/C33H43N3O2/c1-2-9-24-10-8-17-34(23-24)18-19-35-20-21-36-30-22-26(33(37)38)15-16-27(30)31(25-11-4-3-5-12-25)32(36)28-13-6-7-14-29(28)35/h6-7,13-16,22,24-25H,2-5,8-12,17-21,23H2,1H3,(H,37,38). The third-order valence-corrected chi connectivity index (χ3v) is 9.44. The molecule has 6 rings (SSSR count). The largest absolute Gasteiger partial charge is 0.478 e. The van der Waals surface area contributed by atoms with Crippen molar-refractivity contribution in [3.05, 3.63) is 53.6 Å². The number of fused-ring (bicyclic) bond motifs is 5. The van der Waals surface area contributed by atoms with Crippen LogP contribution in [0, 0.1) is 5.92 Å². The number of carboxylic acid groups (broad SMARTS) is 1. The predicted octanol–water partition coefficient (Wildman–Crippen LogP) is 7.39. The van der Waals surface area contributed by atoms with Crippen LogP contribution in [-0.4, -0.2) is 53.3 Å². The van der Waals surface area contributed by atoms with Crippen molar-refractivity contribution in [2.45, 2.75) is 77.2 Å². The lowest BCUT2D eigenvalue weighted by molar-refractivity contribution is 0.0697. The minimum atomic E-state index is -0.847. The first-order valence-electron chi connectivity index (χ1n) is 15.1. The molecule has 2 aromatic carbocycles. The molecule has 3 heterocycles. The van der Waals surface area contributed by atoms with Gasteiger partial charge in [-0.2, -0.15) is 0 Å². The molecule has 1 saturated carbocycles. The van der Waals surface area contributed by atoms with Gasteiger partial charge in [0.2, 0.25) is 0 Å². The number of carbonyl (C=O) groups is 1. The second-order valence-electron chi connectivity index (χ2n) is 11.9. The Balaban J connectivity index is 1.38. The van der Waals surface area contributed by atoms with Crippen LogP contribution in [-0.2, 0) is 6.54 Å². The average Bonchev–Trinajstić information content (AvgIpc) is 3.18. The normalized spacial score (nSPS) is 20.8. The number of nitrogens with zero attached hydrogens (tertiary/aromatic N) is 3. The van der Waals surface area contributed by atoms with Gasteiger partial charge in [-0.3, -0.25) is 0 Å². The number of hydrogen-bond acceptors (Lipinski definition) is 3. The first kappa shape index (κ1) is 25.5. The van der Waals surface area contributed by atoms with Crippen molar-refractivity contribution < 1.29 is 9.90 Å². The molecular weight excluding hydrogens is 470 g/mol. The summed E-state index contributed by atoms with van der Waals surface area (Å²) >= 11 is 0. The first-order valence-corrected chi connectivity index (χ1v) is 15.1. The summed E-state index contributed by atoms with van der Waals surface area (Å²) in [6, 6.07) is 14.8. The predicted molar refractivity (Wildman–Crippen MR) is 156 cm³/mol. The summed E-state index contributed by atoms with van der Waals surface area (Å²) in [6.07, 6.45) is 11.7. The second kappa shape index (κ2) is 11.1. The summed E-state index contributed by atoms with van der Waals surface area (Å²) in [7, 11) is 0. The minimum Gasteiger partial charge on any atom is -0.478 e. The highest BCUT2D eigenvalue weighted by atomic mass is 16.4. The maximum atomic E-state index is 11.9. The molecule has 3 aliphatic rings. The fourth-order valence-corrected chi connectivity index (χ4v) is 7.62. The molecule has 1 aromatic heterocycles. The number of aromatic carboxylic acids is 1. The number of benzene rings is 2. The van der Waals surface area contributed by atoms with E-state index in [1.54, 1.807) is 6.07 Å². The summed E-state index contributed by atoms with van der Waals surface area (Å²) in [5.41, 5.74) is 6.94. The molecule has 0 bridgehead atoms. The maximum Gasteiger partial charge on any atom is 0.335 e. The van der Waals surface area contributed by atoms with Crippen LogP contribution in [0.25, 0.3) is 22.2 Å². The number of carboxylic acids is 1. The third kappa shape index (κ3) is 4.86. The molecule has 2 aliphatic heterocycles. The van der Waals surface area contributed by atoms with E-state index in [4.69, 9.17) is 0 Å². The van der Waals surface area contributed by atoms with E-state index in [2.05, 4.69) is 51.6 Å². The van der Waals surface area contributed by atoms with Gasteiger partial charge >= 0.3 is 5.97 Å². The molecule has 0 radical (unpaired) electrons. The SMILES string of the molecule is CCCC1CCCN(CCN2CCn3c(c(C4CCCCC4)c4ccc(C(=O)O)cc43)-c3ccccc32)C1. The van der Waals surface area contributed by atoms with E-state index >= 15 is 0 Å². The van der Waals surface area contributed by atoms with Crippen molar-refractivity contribution in [1.82, 2.24) is 9.47 Å². The van der Waals surface area contributed by atoms with E-state index in [1.165, 1.54) is 98.8 Å². The summed E-state index contributed by atoms with van der Waals surface area (Å²) in [4.78, 5) is 17.2. The molecule has 0 spiro atoms.